The van der Waals surface area contributed by atoms with Crippen molar-refractivity contribution in [3.63, 3.8) is 0 Å². The highest BCUT2D eigenvalue weighted by atomic mass is 16.5. The number of carbonyl (C=O) groups is 2. The van der Waals surface area contributed by atoms with Crippen LogP contribution >= 0.6 is 0 Å². The van der Waals surface area contributed by atoms with E-state index in [1.807, 2.05) is 0 Å². The van der Waals surface area contributed by atoms with Crippen molar-refractivity contribution in [1.29, 1.82) is 21.0 Å². The minimum atomic E-state index is -2.61. The van der Waals surface area contributed by atoms with Gasteiger partial charge in [-0.1, -0.05) is 0 Å². The molecule has 0 radical (unpaired) electrons. The summed E-state index contributed by atoms with van der Waals surface area (Å²) < 4.78 is 9.24. The number of carbonyl (C=O) groups excluding carboxylic acids is 2. The number of esters is 2. The first-order valence-corrected chi connectivity index (χ1v) is 7.22. The van der Waals surface area contributed by atoms with E-state index in [-0.39, 0.29) is 0 Å². The van der Waals surface area contributed by atoms with Crippen LogP contribution in [0, 0.1) is 56.2 Å². The molecule has 0 heterocycles. The molecule has 1 aliphatic carbocycles. The van der Waals surface area contributed by atoms with Crippen LogP contribution in [0.1, 0.15) is 20.8 Å². The number of aliphatic imine (C=N–C) groups is 1. The van der Waals surface area contributed by atoms with E-state index in [2.05, 4.69) is 14.5 Å². The first-order chi connectivity index (χ1) is 12.1. The van der Waals surface area contributed by atoms with Crippen molar-refractivity contribution >= 4 is 17.7 Å². The van der Waals surface area contributed by atoms with Crippen LogP contribution in [-0.2, 0) is 19.1 Å². The predicted octanol–water partition coefficient (Wildman–Crippen LogP) is 0.949. The zero-order chi connectivity index (χ0) is 20.3. The summed E-state index contributed by atoms with van der Waals surface area (Å²) >= 11 is 0. The zero-order valence-corrected chi connectivity index (χ0v) is 14.9. The van der Waals surface area contributed by atoms with E-state index in [1.165, 1.54) is 0 Å². The number of nitriles is 4. The minimum absolute atomic E-state index is 0.467. The lowest BCUT2D eigenvalue weighted by Crippen LogP contribution is -2.43. The Labute approximate surface area is 150 Å². The van der Waals surface area contributed by atoms with Gasteiger partial charge in [-0.2, -0.15) is 21.0 Å². The van der Waals surface area contributed by atoms with Gasteiger partial charge in [0.15, 0.2) is 0 Å². The Morgan fingerprint density at radius 3 is 1.62 bits per heavy atom. The predicted molar refractivity (Wildman–Crippen MR) is 85.6 cm³/mol. The molecule has 0 atom stereocenters. The second-order valence-corrected chi connectivity index (χ2v) is 6.31. The van der Waals surface area contributed by atoms with E-state index < -0.39 is 45.2 Å². The fourth-order valence-corrected chi connectivity index (χ4v) is 2.59. The maximum atomic E-state index is 12.4. The molecule has 0 unspecified atom stereocenters. The number of nitrogens with zero attached hydrogens (tertiary/aromatic N) is 5. The Balaban J connectivity index is 4.31. The van der Waals surface area contributed by atoms with E-state index in [9.17, 15) is 30.6 Å². The van der Waals surface area contributed by atoms with Gasteiger partial charge >= 0.3 is 11.9 Å². The Bertz CT molecular complexity index is 866. The van der Waals surface area contributed by atoms with Crippen molar-refractivity contribution in [3.8, 4) is 24.3 Å². The molecule has 0 aliphatic heterocycles. The van der Waals surface area contributed by atoms with Gasteiger partial charge in [0.05, 0.1) is 60.9 Å². The molecular weight excluding hydrogens is 338 g/mol. The first-order valence-electron chi connectivity index (χ1n) is 7.22. The van der Waals surface area contributed by atoms with Crippen LogP contribution in [0.2, 0.25) is 0 Å². The molecule has 0 saturated heterocycles. The van der Waals surface area contributed by atoms with Crippen LogP contribution in [0.3, 0.4) is 0 Å². The van der Waals surface area contributed by atoms with Crippen LogP contribution < -0.4 is 0 Å². The second-order valence-electron chi connectivity index (χ2n) is 6.31. The molecule has 1 aliphatic rings. The summed E-state index contributed by atoms with van der Waals surface area (Å²) in [5.74, 6) is -2.32. The van der Waals surface area contributed by atoms with Crippen molar-refractivity contribution in [2.45, 2.75) is 26.3 Å². The minimum Gasteiger partial charge on any atom is -0.466 e. The monoisotopic (exact) mass is 353 g/mol. The lowest BCUT2D eigenvalue weighted by molar-refractivity contribution is -0.139. The molecule has 26 heavy (non-hydrogen) atoms. The lowest BCUT2D eigenvalue weighted by atomic mass is 9.65. The molecule has 0 aromatic rings. The van der Waals surface area contributed by atoms with Crippen LogP contribution in [0.5, 0.6) is 0 Å². The molecule has 1 rings (SSSR count). The molecule has 0 bridgehead atoms. The van der Waals surface area contributed by atoms with Crippen LogP contribution in [0.4, 0.5) is 0 Å². The van der Waals surface area contributed by atoms with Gasteiger partial charge in [0.1, 0.15) is 0 Å². The van der Waals surface area contributed by atoms with Gasteiger partial charge in [0.2, 0.25) is 10.8 Å². The fourth-order valence-electron chi connectivity index (χ4n) is 2.59. The largest absolute Gasteiger partial charge is 0.466 e. The molecule has 0 aromatic heterocycles. The van der Waals surface area contributed by atoms with E-state index in [0.29, 0.717) is 0 Å². The summed E-state index contributed by atoms with van der Waals surface area (Å²) in [5.41, 5.74) is -7.82. The standard InChI is InChI=1S/C17H15N5O4/c1-15(2,3)22-12-10(13(23)25-4)11(14(24)26-5)16(6-18,7-19)17(12,8-20)9-21/h1-5H3. The summed E-state index contributed by atoms with van der Waals surface area (Å²) in [6.07, 6.45) is 0. The highest BCUT2D eigenvalue weighted by Gasteiger charge is 2.70. The van der Waals surface area contributed by atoms with Gasteiger partial charge < -0.3 is 9.47 Å². The summed E-state index contributed by atoms with van der Waals surface area (Å²) in [7, 11) is 1.99. The molecule has 0 fully saturated rings. The summed E-state index contributed by atoms with van der Waals surface area (Å²) in [6.45, 7) is 4.85. The molecule has 0 N–H and O–H groups in total. The van der Waals surface area contributed by atoms with Gasteiger partial charge in [0, 0.05) is 0 Å². The second kappa shape index (κ2) is 6.67. The molecule has 0 saturated carbocycles. The Morgan fingerprint density at radius 1 is 0.885 bits per heavy atom. The Morgan fingerprint density at radius 2 is 1.31 bits per heavy atom. The third-order valence-corrected chi connectivity index (χ3v) is 3.68. The Hall–Kier alpha value is -3.69. The summed E-state index contributed by atoms with van der Waals surface area (Å²) in [5, 5.41) is 38.9. The number of rotatable bonds is 2. The Kier molecular flexibility index (Phi) is 5.22. The average Bonchev–Trinajstić information content (AvgIpc) is 2.85. The fraction of sp³-hybridized carbons (Fsp3) is 0.471. The third-order valence-electron chi connectivity index (χ3n) is 3.68. The van der Waals surface area contributed by atoms with Crippen molar-refractivity contribution < 1.29 is 19.1 Å². The van der Waals surface area contributed by atoms with Gasteiger partial charge in [0.25, 0.3) is 0 Å². The molecule has 9 heteroatoms. The molecular formula is C17H15N5O4. The normalized spacial score (nSPS) is 18.9. The molecule has 9 nitrogen and oxygen atoms in total. The smallest absolute Gasteiger partial charge is 0.340 e. The van der Waals surface area contributed by atoms with Gasteiger partial charge in [-0.05, 0) is 20.8 Å². The maximum absolute atomic E-state index is 12.4. The number of hydrogen-bond donors (Lipinski definition) is 0. The van der Waals surface area contributed by atoms with Gasteiger partial charge in [-0.25, -0.2) is 9.59 Å². The highest BCUT2D eigenvalue weighted by Crippen LogP contribution is 2.54. The maximum Gasteiger partial charge on any atom is 0.340 e. The summed E-state index contributed by atoms with van der Waals surface area (Å²) in [6, 6.07) is 6.35. The van der Waals surface area contributed by atoms with Gasteiger partial charge in [-0.3, -0.25) is 4.99 Å². The van der Waals surface area contributed by atoms with Crippen LogP contribution in [0.25, 0.3) is 0 Å². The van der Waals surface area contributed by atoms with E-state index >= 15 is 0 Å². The van der Waals surface area contributed by atoms with Crippen LogP contribution in [0.15, 0.2) is 16.1 Å². The van der Waals surface area contributed by atoms with E-state index in [0.717, 1.165) is 14.2 Å². The lowest BCUT2D eigenvalue weighted by Gasteiger charge is -2.26. The molecule has 0 spiro atoms. The zero-order valence-electron chi connectivity index (χ0n) is 14.9. The third kappa shape index (κ3) is 2.57. The quantitative estimate of drug-likeness (QED) is 0.663. The summed E-state index contributed by atoms with van der Waals surface area (Å²) in [4.78, 5) is 28.9. The topological polar surface area (TPSA) is 160 Å². The average molecular weight is 353 g/mol. The van der Waals surface area contributed by atoms with Crippen molar-refractivity contribution in [3.05, 3.63) is 11.1 Å². The van der Waals surface area contributed by atoms with Crippen molar-refractivity contribution in [1.82, 2.24) is 0 Å². The number of methoxy groups -OCH3 is 2. The molecule has 0 aromatic carbocycles. The van der Waals surface area contributed by atoms with Crippen molar-refractivity contribution in [2.24, 2.45) is 15.8 Å². The highest BCUT2D eigenvalue weighted by molar-refractivity contribution is 6.31. The number of ether oxygens (including phenoxy) is 2. The van der Waals surface area contributed by atoms with Gasteiger partial charge in [-0.15, -0.1) is 0 Å². The van der Waals surface area contributed by atoms with E-state index in [1.54, 1.807) is 45.0 Å². The SMILES string of the molecule is COC(=O)C1=C(C(=O)OC)C(C#N)(C#N)C(C#N)(C#N)C1=NC(C)(C)C. The first kappa shape index (κ1) is 20.4. The van der Waals surface area contributed by atoms with E-state index in [4.69, 9.17) is 0 Å². The molecule has 132 valence electrons. The van der Waals surface area contributed by atoms with Crippen LogP contribution in [-0.4, -0.2) is 37.4 Å². The molecule has 0 amide bonds. The van der Waals surface area contributed by atoms with Crippen molar-refractivity contribution in [2.75, 3.05) is 14.2 Å². The number of hydrogen-bond acceptors (Lipinski definition) is 9.